The highest BCUT2D eigenvalue weighted by Gasteiger charge is 2.08. The Kier molecular flexibility index (Phi) is 4.54. The Labute approximate surface area is 116 Å². The molecular weight excluding hydrogens is 258 g/mol. The van der Waals surface area contributed by atoms with Crippen molar-refractivity contribution < 1.29 is 9.53 Å². The fourth-order valence-corrected chi connectivity index (χ4v) is 1.72. The van der Waals surface area contributed by atoms with Crippen LogP contribution in [0.5, 0.6) is 0 Å². The third-order valence-electron chi connectivity index (χ3n) is 2.69. The summed E-state index contributed by atoms with van der Waals surface area (Å²) in [6.45, 7) is 3.45. The number of nitrogen functional groups attached to an aromatic ring is 1. The van der Waals surface area contributed by atoms with Crippen molar-refractivity contribution in [2.45, 2.75) is 13.5 Å². The number of esters is 1. The molecule has 0 radical (unpaired) electrons. The molecule has 20 heavy (non-hydrogen) atoms. The third kappa shape index (κ3) is 3.47. The highest BCUT2D eigenvalue weighted by molar-refractivity contribution is 5.91. The summed E-state index contributed by atoms with van der Waals surface area (Å²) in [7, 11) is 0. The molecule has 7 heteroatoms. The van der Waals surface area contributed by atoms with Crippen LogP contribution in [0, 0.1) is 0 Å². The molecule has 0 saturated carbocycles. The first-order valence-electron chi connectivity index (χ1n) is 6.35. The molecular formula is C13H17N5O2. The van der Waals surface area contributed by atoms with Gasteiger partial charge in [0.15, 0.2) is 0 Å². The van der Waals surface area contributed by atoms with Gasteiger partial charge in [0.1, 0.15) is 0 Å². The van der Waals surface area contributed by atoms with Crippen molar-refractivity contribution in [2.75, 3.05) is 24.2 Å². The molecule has 106 valence electrons. The zero-order valence-electron chi connectivity index (χ0n) is 11.2. The maximum Gasteiger partial charge on any atom is 0.338 e. The smallest absolute Gasteiger partial charge is 0.338 e. The lowest BCUT2D eigenvalue weighted by Crippen LogP contribution is -2.12. The lowest BCUT2D eigenvalue weighted by molar-refractivity contribution is 0.0526. The van der Waals surface area contributed by atoms with Crippen molar-refractivity contribution in [3.05, 3.63) is 36.2 Å². The lowest BCUT2D eigenvalue weighted by Gasteiger charge is -2.10. The Morgan fingerprint density at radius 2 is 2.35 bits per heavy atom. The summed E-state index contributed by atoms with van der Waals surface area (Å²) in [6.07, 6.45) is 3.41. The van der Waals surface area contributed by atoms with E-state index in [0.29, 0.717) is 30.9 Å². The quantitative estimate of drug-likeness (QED) is 0.606. The minimum atomic E-state index is -0.367. The average molecular weight is 275 g/mol. The molecule has 0 aliphatic heterocycles. The number of carbonyl (C=O) groups is 1. The second kappa shape index (κ2) is 6.55. The monoisotopic (exact) mass is 275 g/mol. The number of hydrogen-bond acceptors (Lipinski definition) is 6. The molecule has 3 N–H and O–H groups in total. The van der Waals surface area contributed by atoms with E-state index in [1.807, 2.05) is 0 Å². The summed E-state index contributed by atoms with van der Waals surface area (Å²) in [4.78, 5) is 11.6. The zero-order valence-corrected chi connectivity index (χ0v) is 11.2. The predicted molar refractivity (Wildman–Crippen MR) is 75.3 cm³/mol. The predicted octanol–water partition coefficient (Wildman–Crippen LogP) is 1.15. The van der Waals surface area contributed by atoms with E-state index in [9.17, 15) is 4.79 Å². The Morgan fingerprint density at radius 3 is 3.00 bits per heavy atom. The number of rotatable bonds is 6. The minimum absolute atomic E-state index is 0.344. The normalized spacial score (nSPS) is 10.2. The number of nitrogens with one attached hydrogen (secondary N) is 1. The first kappa shape index (κ1) is 13.9. The highest BCUT2D eigenvalue weighted by atomic mass is 16.5. The molecule has 0 amide bonds. The largest absolute Gasteiger partial charge is 0.462 e. The van der Waals surface area contributed by atoms with Crippen molar-refractivity contribution >= 4 is 17.3 Å². The van der Waals surface area contributed by atoms with Gasteiger partial charge in [0.05, 0.1) is 36.3 Å². The zero-order chi connectivity index (χ0) is 14.4. The van der Waals surface area contributed by atoms with E-state index in [2.05, 4.69) is 15.6 Å². The summed E-state index contributed by atoms with van der Waals surface area (Å²) >= 11 is 0. The van der Waals surface area contributed by atoms with Crippen LogP contribution < -0.4 is 11.1 Å². The summed E-state index contributed by atoms with van der Waals surface area (Å²) in [5.74, 6) is -0.367. The van der Waals surface area contributed by atoms with Crippen molar-refractivity contribution in [1.82, 2.24) is 15.0 Å². The van der Waals surface area contributed by atoms with Gasteiger partial charge in [0, 0.05) is 12.7 Å². The van der Waals surface area contributed by atoms with Gasteiger partial charge in [-0.25, -0.2) is 4.79 Å². The molecule has 0 unspecified atom stereocenters. The molecule has 0 aliphatic carbocycles. The molecule has 2 rings (SSSR count). The summed E-state index contributed by atoms with van der Waals surface area (Å²) in [6, 6.07) is 5.06. The average Bonchev–Trinajstić information content (AvgIpc) is 2.94. The summed E-state index contributed by atoms with van der Waals surface area (Å²) < 4.78 is 6.64. The van der Waals surface area contributed by atoms with Crippen LogP contribution in [0.3, 0.4) is 0 Å². The van der Waals surface area contributed by atoms with Gasteiger partial charge in [-0.2, -0.15) is 0 Å². The Bertz CT molecular complexity index is 568. The maximum atomic E-state index is 11.6. The molecule has 1 aromatic carbocycles. The fourth-order valence-electron chi connectivity index (χ4n) is 1.72. The number of aromatic nitrogens is 3. The van der Waals surface area contributed by atoms with E-state index in [1.54, 1.807) is 42.2 Å². The molecule has 7 nitrogen and oxygen atoms in total. The van der Waals surface area contributed by atoms with E-state index in [4.69, 9.17) is 10.5 Å². The number of benzene rings is 1. The molecule has 0 atom stereocenters. The number of anilines is 2. The second-order valence-corrected chi connectivity index (χ2v) is 4.12. The van der Waals surface area contributed by atoms with Gasteiger partial charge >= 0.3 is 5.97 Å². The minimum Gasteiger partial charge on any atom is -0.462 e. The van der Waals surface area contributed by atoms with Gasteiger partial charge in [-0.3, -0.25) is 4.68 Å². The molecule has 0 bridgehead atoms. The first-order chi connectivity index (χ1) is 9.70. The van der Waals surface area contributed by atoms with Crippen LogP contribution in [-0.2, 0) is 11.3 Å². The Morgan fingerprint density at radius 1 is 1.50 bits per heavy atom. The topological polar surface area (TPSA) is 95.1 Å². The standard InChI is InChI=1S/C13H17N5O2/c1-2-20-13(19)10-3-4-12(11(14)9-10)15-5-7-18-8-6-16-17-18/h3-4,6,8-9,15H,2,5,7,14H2,1H3. The SMILES string of the molecule is CCOC(=O)c1ccc(NCCn2ccnn2)c(N)c1. The van der Waals surface area contributed by atoms with Crippen molar-refractivity contribution in [3.63, 3.8) is 0 Å². The highest BCUT2D eigenvalue weighted by Crippen LogP contribution is 2.20. The van der Waals surface area contributed by atoms with Crippen molar-refractivity contribution in [1.29, 1.82) is 0 Å². The number of hydrogen-bond donors (Lipinski definition) is 2. The molecule has 1 aromatic heterocycles. The van der Waals surface area contributed by atoms with E-state index in [0.717, 1.165) is 5.69 Å². The Balaban J connectivity index is 1.93. The van der Waals surface area contributed by atoms with Gasteiger partial charge in [-0.1, -0.05) is 5.21 Å². The van der Waals surface area contributed by atoms with Crippen LogP contribution in [0.4, 0.5) is 11.4 Å². The van der Waals surface area contributed by atoms with Gasteiger partial charge < -0.3 is 15.8 Å². The van der Waals surface area contributed by atoms with Crippen LogP contribution in [-0.4, -0.2) is 34.1 Å². The maximum absolute atomic E-state index is 11.6. The Hall–Kier alpha value is -2.57. The third-order valence-corrected chi connectivity index (χ3v) is 2.69. The molecule has 1 heterocycles. The lowest BCUT2D eigenvalue weighted by atomic mass is 10.1. The molecule has 0 spiro atoms. The van der Waals surface area contributed by atoms with Crippen LogP contribution in [0.1, 0.15) is 17.3 Å². The molecule has 0 aliphatic rings. The fraction of sp³-hybridized carbons (Fsp3) is 0.308. The van der Waals surface area contributed by atoms with Crippen molar-refractivity contribution in [3.8, 4) is 0 Å². The van der Waals surface area contributed by atoms with Crippen LogP contribution in [0.15, 0.2) is 30.6 Å². The number of nitrogens with zero attached hydrogens (tertiary/aromatic N) is 3. The van der Waals surface area contributed by atoms with Gasteiger partial charge in [0.2, 0.25) is 0 Å². The van der Waals surface area contributed by atoms with E-state index in [-0.39, 0.29) is 5.97 Å². The van der Waals surface area contributed by atoms with Gasteiger partial charge in [-0.15, -0.1) is 5.10 Å². The first-order valence-corrected chi connectivity index (χ1v) is 6.35. The number of carbonyl (C=O) groups excluding carboxylic acids is 1. The number of nitrogens with two attached hydrogens (primary N) is 1. The van der Waals surface area contributed by atoms with Crippen LogP contribution >= 0.6 is 0 Å². The van der Waals surface area contributed by atoms with Crippen molar-refractivity contribution in [2.24, 2.45) is 0 Å². The summed E-state index contributed by atoms with van der Waals surface area (Å²) in [5, 5.41) is 10.8. The van der Waals surface area contributed by atoms with Crippen LogP contribution in [0.25, 0.3) is 0 Å². The van der Waals surface area contributed by atoms with Crippen LogP contribution in [0.2, 0.25) is 0 Å². The number of ether oxygens (including phenoxy) is 1. The summed E-state index contributed by atoms with van der Waals surface area (Å²) in [5.41, 5.74) is 7.64. The second-order valence-electron chi connectivity index (χ2n) is 4.12. The van der Waals surface area contributed by atoms with E-state index < -0.39 is 0 Å². The van der Waals surface area contributed by atoms with E-state index in [1.165, 1.54) is 0 Å². The van der Waals surface area contributed by atoms with Gasteiger partial charge in [0.25, 0.3) is 0 Å². The molecule has 2 aromatic rings. The van der Waals surface area contributed by atoms with E-state index >= 15 is 0 Å². The van der Waals surface area contributed by atoms with Gasteiger partial charge in [-0.05, 0) is 25.1 Å². The molecule has 0 fully saturated rings. The molecule has 0 saturated heterocycles.